The number of rotatable bonds is 18. The van der Waals surface area contributed by atoms with Crippen molar-refractivity contribution in [3.8, 4) is 0 Å². The number of alkyl halides is 3. The van der Waals surface area contributed by atoms with Gasteiger partial charge in [-0.3, -0.25) is 0 Å². The molecule has 12 heteroatoms. The molecule has 0 bridgehead atoms. The van der Waals surface area contributed by atoms with Gasteiger partial charge in [0.05, 0.1) is 0 Å². The molecule has 214 valence electrons. The van der Waals surface area contributed by atoms with Crippen molar-refractivity contribution in [1.29, 1.82) is 0 Å². The van der Waals surface area contributed by atoms with Crippen LogP contribution in [0, 0.1) is 18.8 Å². The van der Waals surface area contributed by atoms with Gasteiger partial charge in [0, 0.05) is 5.33 Å². The Balaban J connectivity index is 1.91. The normalized spacial score (nSPS) is 12.4. The van der Waals surface area contributed by atoms with Crippen LogP contribution in [0.3, 0.4) is 0 Å². The summed E-state index contributed by atoms with van der Waals surface area (Å²) in [5.74, 6) is -4.15. The fraction of sp³-hybridized carbons (Fsp3) is 0.500. The van der Waals surface area contributed by atoms with Gasteiger partial charge in [0.1, 0.15) is 0 Å². The Kier molecular flexibility index (Phi) is 14.5. The van der Waals surface area contributed by atoms with E-state index in [-0.39, 0.29) is 13.7 Å². The Morgan fingerprint density at radius 3 is 1.63 bits per heavy atom. The van der Waals surface area contributed by atoms with Crippen LogP contribution in [-0.2, 0) is 22.2 Å². The second-order valence-corrected chi connectivity index (χ2v) is 15.6. The van der Waals surface area contributed by atoms with Crippen LogP contribution >= 0.6 is 36.2 Å². The summed E-state index contributed by atoms with van der Waals surface area (Å²) in [4.78, 5) is 12.0. The molecule has 38 heavy (non-hydrogen) atoms. The Morgan fingerprint density at radius 1 is 0.763 bits per heavy atom. The van der Waals surface area contributed by atoms with Crippen molar-refractivity contribution in [3.05, 3.63) is 67.3 Å². The fourth-order valence-electron chi connectivity index (χ4n) is 3.42. The molecule has 0 radical (unpaired) electrons. The number of unbranched alkanes of at least 4 members (excludes halogenated alkanes) is 9. The van der Waals surface area contributed by atoms with Crippen molar-refractivity contribution in [2.45, 2.75) is 69.5 Å². The number of halogens is 6. The molecule has 2 aromatic rings. The number of ether oxygens (including phenoxy) is 1. The van der Waals surface area contributed by atoms with Gasteiger partial charge in [0.25, 0.3) is 0 Å². The molecular weight excluding hydrogens is 707 g/mol. The molecule has 2 aromatic carbocycles. The molecule has 0 N–H and O–H groups in total. The van der Waals surface area contributed by atoms with Crippen molar-refractivity contribution >= 4 is 52.3 Å². The first kappa shape index (κ1) is 33.0. The summed E-state index contributed by atoms with van der Waals surface area (Å²) in [5, 5.41) is -4.03. The third-order valence-electron chi connectivity index (χ3n) is 5.48. The third-order valence-corrected chi connectivity index (χ3v) is 13.5. The predicted molar refractivity (Wildman–Crippen MR) is 150 cm³/mol. The number of hydrogen-bond donors (Lipinski definition) is 0. The van der Waals surface area contributed by atoms with Crippen LogP contribution < -0.4 is 0 Å². The summed E-state index contributed by atoms with van der Waals surface area (Å²) in [5.41, 5.74) is 0. The molecule has 0 saturated heterocycles. The van der Waals surface area contributed by atoms with Gasteiger partial charge in [-0.15, -0.1) is 0 Å². The number of benzene rings is 2. The minimum atomic E-state index is -5.93. The van der Waals surface area contributed by atoms with Gasteiger partial charge in [0.2, 0.25) is 0 Å². The van der Waals surface area contributed by atoms with E-state index in [0.29, 0.717) is 12.8 Å². The topological polar surface area (TPSA) is 69.7 Å². The zero-order valence-electron chi connectivity index (χ0n) is 20.8. The molecule has 0 atom stereocenters. The molecule has 0 aliphatic carbocycles. The SMILES string of the molecule is O=C(OCCCCCCCCCCCCBr)C(F)(F)S(=O)(=O)OI(c1ccccc1F)c1ccccc1F. The summed E-state index contributed by atoms with van der Waals surface area (Å²) < 4.78 is 91.9. The first-order chi connectivity index (χ1) is 18.1. The van der Waals surface area contributed by atoms with Gasteiger partial charge in [-0.05, 0) is 6.42 Å². The monoisotopic (exact) mass is 738 g/mol. The van der Waals surface area contributed by atoms with Gasteiger partial charge in [-0.25, -0.2) is 0 Å². The van der Waals surface area contributed by atoms with Crippen molar-refractivity contribution in [1.82, 2.24) is 0 Å². The first-order valence-electron chi connectivity index (χ1n) is 12.4. The van der Waals surface area contributed by atoms with Crippen LogP contribution in [0.25, 0.3) is 0 Å². The maximum atomic E-state index is 14.7. The maximum absolute atomic E-state index is 14.7. The van der Waals surface area contributed by atoms with E-state index in [1.807, 2.05) is 0 Å². The van der Waals surface area contributed by atoms with Crippen LogP contribution in [-0.4, -0.2) is 31.6 Å². The van der Waals surface area contributed by atoms with Crippen LogP contribution in [0.5, 0.6) is 0 Å². The first-order valence-corrected chi connectivity index (χ1v) is 17.9. The van der Waals surface area contributed by atoms with E-state index in [9.17, 15) is 30.8 Å². The standard InChI is InChI=1S/C26H32BrF4IO5S/c27-19-13-7-5-3-1-2-4-6-8-14-20-36-25(33)26(30,31)38(34,35)37-32(23-17-11-9-15-21(23)28)24-18-12-10-16-22(24)29/h9-12,15-18H,1-8,13-14,19-20H2. The van der Waals surface area contributed by atoms with Gasteiger partial charge >= 0.3 is 192 Å². The Labute approximate surface area is 237 Å². The summed E-state index contributed by atoms with van der Waals surface area (Å²) in [6, 6.07) is 9.55. The van der Waals surface area contributed by atoms with E-state index < -0.39 is 53.2 Å². The summed E-state index contributed by atoms with van der Waals surface area (Å²) in [6.07, 6.45) is 9.71. The van der Waals surface area contributed by atoms with Crippen molar-refractivity contribution in [3.63, 3.8) is 0 Å². The number of esters is 1. The van der Waals surface area contributed by atoms with E-state index in [1.54, 1.807) is 0 Å². The van der Waals surface area contributed by atoms with Crippen LogP contribution in [0.1, 0.15) is 64.2 Å². The average molecular weight is 739 g/mol. The van der Waals surface area contributed by atoms with Crippen molar-refractivity contribution in [2.24, 2.45) is 0 Å². The molecule has 0 heterocycles. The molecule has 0 aromatic heterocycles. The molecule has 0 fully saturated rings. The molecule has 0 aliphatic heterocycles. The Hall–Kier alpha value is -1.25. The van der Waals surface area contributed by atoms with Crippen molar-refractivity contribution < 1.29 is 38.0 Å². The van der Waals surface area contributed by atoms with E-state index in [2.05, 4.69) is 20.7 Å². The van der Waals surface area contributed by atoms with E-state index in [4.69, 9.17) is 2.51 Å². The fourth-order valence-corrected chi connectivity index (χ4v) is 10.7. The van der Waals surface area contributed by atoms with E-state index in [0.717, 1.165) is 55.3 Å². The average Bonchev–Trinajstić information content (AvgIpc) is 2.88. The van der Waals surface area contributed by atoms with Gasteiger partial charge in [0.15, 0.2) is 0 Å². The Bertz CT molecular complexity index is 1070. The van der Waals surface area contributed by atoms with Crippen LogP contribution in [0.4, 0.5) is 17.6 Å². The van der Waals surface area contributed by atoms with E-state index in [1.165, 1.54) is 49.9 Å². The quantitative estimate of drug-likeness (QED) is 0.0507. The summed E-state index contributed by atoms with van der Waals surface area (Å²) in [7, 11) is -5.93. The Morgan fingerprint density at radius 2 is 1.18 bits per heavy atom. The predicted octanol–water partition coefficient (Wildman–Crippen LogP) is 8.20. The van der Waals surface area contributed by atoms with Crippen LogP contribution in [0.15, 0.2) is 48.5 Å². The number of carbonyl (C=O) groups is 1. The molecular formula is C26H32BrF4IO5S. The van der Waals surface area contributed by atoms with Gasteiger partial charge in [-0.2, -0.15) is 0 Å². The zero-order chi connectivity index (χ0) is 28.0. The molecule has 5 nitrogen and oxygen atoms in total. The zero-order valence-corrected chi connectivity index (χ0v) is 25.4. The summed E-state index contributed by atoms with van der Waals surface area (Å²) >= 11 is -0.712. The second kappa shape index (κ2) is 16.8. The molecule has 0 unspecified atom stereocenters. The van der Waals surface area contributed by atoms with Crippen molar-refractivity contribution in [2.75, 3.05) is 11.9 Å². The van der Waals surface area contributed by atoms with Gasteiger partial charge < -0.3 is 0 Å². The molecule has 0 aliphatic rings. The van der Waals surface area contributed by atoms with Crippen LogP contribution in [0.2, 0.25) is 0 Å². The molecule has 0 amide bonds. The van der Waals surface area contributed by atoms with Gasteiger partial charge in [-0.1, -0.05) is 35.2 Å². The number of hydrogen-bond acceptors (Lipinski definition) is 5. The third kappa shape index (κ3) is 10.1. The second-order valence-electron chi connectivity index (χ2n) is 8.47. The number of carbonyl (C=O) groups excluding carboxylic acids is 1. The van der Waals surface area contributed by atoms with E-state index >= 15 is 0 Å². The minimum absolute atomic E-state index is 0.303. The molecule has 2 rings (SSSR count). The molecule has 0 saturated carbocycles. The molecule has 0 spiro atoms. The summed E-state index contributed by atoms with van der Waals surface area (Å²) in [6.45, 7) is -0.376.